The van der Waals surface area contributed by atoms with Crippen LogP contribution in [0.15, 0.2) is 0 Å². The van der Waals surface area contributed by atoms with Crippen molar-refractivity contribution in [1.82, 2.24) is 10.0 Å². The summed E-state index contributed by atoms with van der Waals surface area (Å²) < 4.78 is 25.2. The molecule has 2 N–H and O–H groups in total. The average molecular weight is 287 g/mol. The van der Waals surface area contributed by atoms with Crippen molar-refractivity contribution < 1.29 is 8.42 Å². The lowest BCUT2D eigenvalue weighted by Gasteiger charge is -2.29. The molecule has 19 heavy (non-hydrogen) atoms. The summed E-state index contributed by atoms with van der Waals surface area (Å²) in [6, 6.07) is 2.55. The summed E-state index contributed by atoms with van der Waals surface area (Å²) in [6.07, 6.45) is 6.53. The highest BCUT2D eigenvalue weighted by Crippen LogP contribution is 2.23. The summed E-state index contributed by atoms with van der Waals surface area (Å²) in [5.74, 6) is 0.0385. The van der Waals surface area contributed by atoms with Crippen LogP contribution in [0.4, 0.5) is 0 Å². The first-order valence-corrected chi connectivity index (χ1v) is 8.75. The summed E-state index contributed by atoms with van der Waals surface area (Å²) in [4.78, 5) is 0. The molecule has 1 saturated carbocycles. The summed E-state index contributed by atoms with van der Waals surface area (Å²) in [7, 11) is -3.22. The molecule has 0 spiro atoms. The first kappa shape index (κ1) is 16.4. The quantitative estimate of drug-likeness (QED) is 0.748. The smallest absolute Gasteiger partial charge is 0.209 e. The SMILES string of the molecule is CC(C)(CNC1CCCCCC1C#N)NS(C)(=O)=O. The Bertz CT molecular complexity index is 426. The van der Waals surface area contributed by atoms with E-state index in [-0.39, 0.29) is 12.0 Å². The van der Waals surface area contributed by atoms with E-state index in [2.05, 4.69) is 16.1 Å². The first-order valence-electron chi connectivity index (χ1n) is 6.85. The van der Waals surface area contributed by atoms with Gasteiger partial charge in [0.25, 0.3) is 0 Å². The predicted molar refractivity (Wildman–Crippen MR) is 76.0 cm³/mol. The molecule has 0 aromatic heterocycles. The molecular weight excluding hydrogens is 262 g/mol. The van der Waals surface area contributed by atoms with Crippen molar-refractivity contribution in [1.29, 1.82) is 5.26 Å². The van der Waals surface area contributed by atoms with Gasteiger partial charge in [-0.05, 0) is 26.7 Å². The molecule has 0 heterocycles. The third-order valence-electron chi connectivity index (χ3n) is 3.45. The van der Waals surface area contributed by atoms with Crippen LogP contribution in [0.25, 0.3) is 0 Å². The number of rotatable bonds is 5. The number of hydrogen-bond acceptors (Lipinski definition) is 4. The number of nitrogens with zero attached hydrogens (tertiary/aromatic N) is 1. The van der Waals surface area contributed by atoms with Gasteiger partial charge in [-0.25, -0.2) is 13.1 Å². The number of hydrogen-bond donors (Lipinski definition) is 2. The zero-order valence-corrected chi connectivity index (χ0v) is 12.9. The molecule has 110 valence electrons. The van der Waals surface area contributed by atoms with E-state index in [0.717, 1.165) is 25.7 Å². The lowest BCUT2D eigenvalue weighted by Crippen LogP contribution is -2.52. The molecule has 0 radical (unpaired) electrons. The third-order valence-corrected chi connectivity index (χ3v) is 4.37. The molecule has 0 aliphatic heterocycles. The van der Waals surface area contributed by atoms with Crippen molar-refractivity contribution >= 4 is 10.0 Å². The lowest BCUT2D eigenvalue weighted by atomic mass is 9.95. The number of nitrogens with one attached hydrogen (secondary N) is 2. The second kappa shape index (κ2) is 6.69. The van der Waals surface area contributed by atoms with E-state index in [0.29, 0.717) is 6.54 Å². The van der Waals surface area contributed by atoms with Gasteiger partial charge in [0.05, 0.1) is 18.2 Å². The zero-order chi connectivity index (χ0) is 14.5. The van der Waals surface area contributed by atoms with E-state index < -0.39 is 15.6 Å². The summed E-state index contributed by atoms with van der Waals surface area (Å²) in [6.45, 7) is 4.22. The Kier molecular flexibility index (Phi) is 5.78. The predicted octanol–water partition coefficient (Wildman–Crippen LogP) is 1.38. The molecule has 1 aliphatic carbocycles. The molecule has 1 fully saturated rings. The Hall–Kier alpha value is -0.640. The Balaban J connectivity index is 2.56. The molecule has 2 atom stereocenters. The van der Waals surface area contributed by atoms with Crippen LogP contribution in [0, 0.1) is 17.2 Å². The van der Waals surface area contributed by atoms with E-state index in [1.807, 2.05) is 13.8 Å². The first-order chi connectivity index (χ1) is 8.73. The summed E-state index contributed by atoms with van der Waals surface area (Å²) in [5, 5.41) is 12.6. The molecule has 1 aliphatic rings. The van der Waals surface area contributed by atoms with Crippen LogP contribution < -0.4 is 10.0 Å². The Morgan fingerprint density at radius 2 is 1.89 bits per heavy atom. The van der Waals surface area contributed by atoms with Gasteiger partial charge in [-0.3, -0.25) is 0 Å². The second-order valence-corrected chi connectivity index (χ2v) is 7.87. The zero-order valence-electron chi connectivity index (χ0n) is 12.1. The molecule has 0 aromatic carbocycles. The van der Waals surface area contributed by atoms with Crippen molar-refractivity contribution in [2.24, 2.45) is 5.92 Å². The van der Waals surface area contributed by atoms with Gasteiger partial charge in [-0.2, -0.15) is 5.26 Å². The van der Waals surface area contributed by atoms with Crippen LogP contribution >= 0.6 is 0 Å². The molecule has 5 nitrogen and oxygen atoms in total. The van der Waals surface area contributed by atoms with Gasteiger partial charge in [0.2, 0.25) is 10.0 Å². The van der Waals surface area contributed by atoms with Crippen molar-refractivity contribution in [3.63, 3.8) is 0 Å². The fourth-order valence-electron chi connectivity index (χ4n) is 2.63. The average Bonchev–Trinajstić information content (AvgIpc) is 2.47. The molecule has 0 aromatic rings. The van der Waals surface area contributed by atoms with Crippen molar-refractivity contribution in [3.05, 3.63) is 0 Å². The maximum atomic E-state index is 11.3. The third kappa shape index (κ3) is 6.37. The van der Waals surface area contributed by atoms with Gasteiger partial charge in [0, 0.05) is 18.1 Å². The normalized spacial score (nSPS) is 25.6. The Labute approximate surface area is 116 Å². The molecule has 1 rings (SSSR count). The molecule has 0 saturated heterocycles. The fraction of sp³-hybridized carbons (Fsp3) is 0.923. The van der Waals surface area contributed by atoms with Crippen molar-refractivity contribution in [3.8, 4) is 6.07 Å². The molecular formula is C13H25N3O2S. The van der Waals surface area contributed by atoms with E-state index in [9.17, 15) is 13.7 Å². The number of nitriles is 1. The van der Waals surface area contributed by atoms with Crippen molar-refractivity contribution in [2.45, 2.75) is 57.5 Å². The molecule has 0 bridgehead atoms. The van der Waals surface area contributed by atoms with Gasteiger partial charge in [-0.15, -0.1) is 0 Å². The largest absolute Gasteiger partial charge is 0.311 e. The van der Waals surface area contributed by atoms with Crippen LogP contribution in [-0.4, -0.2) is 32.8 Å². The van der Waals surface area contributed by atoms with E-state index in [4.69, 9.17) is 0 Å². The Morgan fingerprint density at radius 1 is 1.26 bits per heavy atom. The van der Waals surface area contributed by atoms with Crippen LogP contribution in [0.3, 0.4) is 0 Å². The molecule has 0 amide bonds. The highest BCUT2D eigenvalue weighted by atomic mass is 32.2. The van der Waals surface area contributed by atoms with Crippen LogP contribution in [0.2, 0.25) is 0 Å². The fourth-order valence-corrected chi connectivity index (χ4v) is 3.71. The van der Waals surface area contributed by atoms with Crippen LogP contribution in [0.1, 0.15) is 46.0 Å². The van der Waals surface area contributed by atoms with Gasteiger partial charge in [-0.1, -0.05) is 19.3 Å². The minimum atomic E-state index is -3.22. The monoisotopic (exact) mass is 287 g/mol. The maximum Gasteiger partial charge on any atom is 0.209 e. The standard InChI is InChI=1S/C13H25N3O2S/c1-13(2,16-19(3,17)18)10-15-12-8-6-4-5-7-11(12)9-14/h11-12,15-16H,4-8,10H2,1-3H3. The van der Waals surface area contributed by atoms with Crippen LogP contribution in [0.5, 0.6) is 0 Å². The minimum absolute atomic E-state index is 0.0385. The van der Waals surface area contributed by atoms with Gasteiger partial charge in [0.15, 0.2) is 0 Å². The lowest BCUT2D eigenvalue weighted by molar-refractivity contribution is 0.339. The van der Waals surface area contributed by atoms with E-state index in [1.54, 1.807) is 0 Å². The highest BCUT2D eigenvalue weighted by molar-refractivity contribution is 7.88. The maximum absolute atomic E-state index is 11.3. The highest BCUT2D eigenvalue weighted by Gasteiger charge is 2.27. The van der Waals surface area contributed by atoms with Crippen molar-refractivity contribution in [2.75, 3.05) is 12.8 Å². The van der Waals surface area contributed by atoms with Gasteiger partial charge in [0.1, 0.15) is 0 Å². The van der Waals surface area contributed by atoms with Gasteiger partial charge >= 0.3 is 0 Å². The molecule has 2 unspecified atom stereocenters. The van der Waals surface area contributed by atoms with Crippen LogP contribution in [-0.2, 0) is 10.0 Å². The summed E-state index contributed by atoms with van der Waals surface area (Å²) >= 11 is 0. The molecule has 6 heteroatoms. The minimum Gasteiger partial charge on any atom is -0.311 e. The Morgan fingerprint density at radius 3 is 2.47 bits per heavy atom. The second-order valence-electron chi connectivity index (χ2n) is 6.12. The van der Waals surface area contributed by atoms with E-state index in [1.165, 1.54) is 12.7 Å². The summed E-state index contributed by atoms with van der Waals surface area (Å²) in [5.41, 5.74) is -0.542. The van der Waals surface area contributed by atoms with E-state index >= 15 is 0 Å². The topological polar surface area (TPSA) is 82.0 Å². The van der Waals surface area contributed by atoms with Gasteiger partial charge < -0.3 is 5.32 Å². The number of sulfonamides is 1.